The van der Waals surface area contributed by atoms with Crippen molar-refractivity contribution in [2.75, 3.05) is 0 Å². The molecule has 20 heavy (non-hydrogen) atoms. The number of amides is 3. The highest BCUT2D eigenvalue weighted by Crippen LogP contribution is 2.22. The van der Waals surface area contributed by atoms with Crippen molar-refractivity contribution in [1.29, 1.82) is 0 Å². The van der Waals surface area contributed by atoms with E-state index < -0.39 is 23.8 Å². The molecule has 0 spiro atoms. The highest BCUT2D eigenvalue weighted by atomic mass is 35.5. The van der Waals surface area contributed by atoms with E-state index in [1.165, 1.54) is 0 Å². The van der Waals surface area contributed by atoms with Gasteiger partial charge in [-0.25, -0.2) is 0 Å². The van der Waals surface area contributed by atoms with Crippen LogP contribution in [-0.2, 0) is 14.4 Å². The van der Waals surface area contributed by atoms with Gasteiger partial charge >= 0.3 is 0 Å². The van der Waals surface area contributed by atoms with Crippen LogP contribution in [0.2, 0.25) is 4.34 Å². The third-order valence-corrected chi connectivity index (χ3v) is 3.57. The minimum Gasteiger partial charge on any atom is -0.367 e. The number of thiophene rings is 1. The summed E-state index contributed by atoms with van der Waals surface area (Å²) in [7, 11) is 0. The Kier molecular flexibility index (Phi) is 5.66. The van der Waals surface area contributed by atoms with Gasteiger partial charge in [-0.1, -0.05) is 11.6 Å². The van der Waals surface area contributed by atoms with Crippen molar-refractivity contribution in [3.63, 3.8) is 0 Å². The van der Waals surface area contributed by atoms with E-state index in [-0.39, 0.29) is 18.6 Å². The normalized spacial score (nSPS) is 10.3. The number of nitrogens with one attached hydrogen (secondary N) is 1. The van der Waals surface area contributed by atoms with Crippen LogP contribution in [0.15, 0.2) is 12.1 Å². The van der Waals surface area contributed by atoms with Gasteiger partial charge in [-0.2, -0.15) is 0 Å². The number of rotatable bonds is 7. The Morgan fingerprint density at radius 2 is 1.75 bits per heavy atom. The molecular formula is C11H12ClN3O4S. The van der Waals surface area contributed by atoms with Crippen LogP contribution in [0.1, 0.15) is 22.5 Å². The fourth-order valence-electron chi connectivity index (χ4n) is 1.33. The molecule has 0 radical (unpaired) electrons. The number of ketones is 1. The van der Waals surface area contributed by atoms with E-state index in [0.29, 0.717) is 9.21 Å². The fourth-order valence-corrected chi connectivity index (χ4v) is 2.34. The second-order valence-corrected chi connectivity index (χ2v) is 5.55. The van der Waals surface area contributed by atoms with Crippen molar-refractivity contribution in [3.05, 3.63) is 21.3 Å². The summed E-state index contributed by atoms with van der Waals surface area (Å²) in [6.45, 7) is 0. The third-order valence-electron chi connectivity index (χ3n) is 2.30. The fraction of sp³-hybridized carbons (Fsp3) is 0.273. The van der Waals surface area contributed by atoms with Crippen molar-refractivity contribution in [2.24, 2.45) is 11.5 Å². The topological polar surface area (TPSA) is 132 Å². The average Bonchev–Trinajstić information content (AvgIpc) is 2.79. The summed E-state index contributed by atoms with van der Waals surface area (Å²) in [5, 5.41) is 2.07. The number of nitrogens with two attached hydrogens (primary N) is 2. The van der Waals surface area contributed by atoms with E-state index >= 15 is 0 Å². The lowest BCUT2D eigenvalue weighted by Crippen LogP contribution is -2.52. The summed E-state index contributed by atoms with van der Waals surface area (Å²) >= 11 is 6.80. The first-order valence-corrected chi connectivity index (χ1v) is 6.67. The maximum Gasteiger partial charge on any atom is 0.249 e. The van der Waals surface area contributed by atoms with E-state index in [9.17, 15) is 19.2 Å². The number of hydrogen-bond acceptors (Lipinski definition) is 5. The zero-order valence-electron chi connectivity index (χ0n) is 10.2. The molecule has 0 aliphatic heterocycles. The quantitative estimate of drug-likeness (QED) is 0.475. The first-order valence-electron chi connectivity index (χ1n) is 5.47. The van der Waals surface area contributed by atoms with Gasteiger partial charge in [0.05, 0.1) is 9.21 Å². The number of primary amides is 2. The van der Waals surface area contributed by atoms with Crippen molar-refractivity contribution >= 4 is 46.4 Å². The molecule has 0 aromatic carbocycles. The predicted octanol–water partition coefficient (Wildman–Crippen LogP) is -0.180. The molecule has 0 aliphatic rings. The van der Waals surface area contributed by atoms with Gasteiger partial charge < -0.3 is 16.8 Å². The molecule has 1 aromatic heterocycles. The molecule has 7 nitrogen and oxygen atoms in total. The van der Waals surface area contributed by atoms with E-state index in [2.05, 4.69) is 5.32 Å². The van der Waals surface area contributed by atoms with E-state index in [1.807, 2.05) is 0 Å². The van der Waals surface area contributed by atoms with Gasteiger partial charge in [-0.05, 0) is 12.1 Å². The average molecular weight is 318 g/mol. The highest BCUT2D eigenvalue weighted by molar-refractivity contribution is 7.18. The standard InChI is InChI=1S/C11H12ClN3O4S/c12-7-3-2-6(20-7)5(16)1-4-8(17)15-9(10(13)18)11(14)19/h2-3,9H,1,4H2,(H2,13,18)(H2,14,19)(H,15,17). The predicted molar refractivity (Wildman–Crippen MR) is 73.2 cm³/mol. The van der Waals surface area contributed by atoms with Gasteiger partial charge in [0, 0.05) is 12.8 Å². The minimum atomic E-state index is -1.58. The lowest BCUT2D eigenvalue weighted by atomic mass is 10.1. The summed E-state index contributed by atoms with van der Waals surface area (Å²) in [5.41, 5.74) is 9.80. The lowest BCUT2D eigenvalue weighted by Gasteiger charge is -2.11. The zero-order chi connectivity index (χ0) is 15.3. The number of carbonyl (C=O) groups excluding carboxylic acids is 4. The molecule has 0 unspecified atom stereocenters. The van der Waals surface area contributed by atoms with Gasteiger partial charge in [0.1, 0.15) is 0 Å². The maximum absolute atomic E-state index is 11.7. The van der Waals surface area contributed by atoms with Crippen LogP contribution in [0, 0.1) is 0 Å². The Hall–Kier alpha value is -1.93. The number of Topliss-reactive ketones (excluding diaryl/α,β-unsaturated/α-hetero) is 1. The van der Waals surface area contributed by atoms with Crippen molar-refractivity contribution in [3.8, 4) is 0 Å². The molecule has 1 aromatic rings. The van der Waals surface area contributed by atoms with Gasteiger partial charge in [-0.3, -0.25) is 19.2 Å². The summed E-state index contributed by atoms with van der Waals surface area (Å²) in [6, 6.07) is 1.56. The van der Waals surface area contributed by atoms with E-state index in [4.69, 9.17) is 23.1 Å². The summed E-state index contributed by atoms with van der Waals surface area (Å²) in [5.74, 6) is -3.03. The molecular weight excluding hydrogens is 306 g/mol. The molecule has 5 N–H and O–H groups in total. The second kappa shape index (κ2) is 7.01. The first kappa shape index (κ1) is 16.1. The molecule has 9 heteroatoms. The molecule has 0 bridgehead atoms. The minimum absolute atomic E-state index is 0.0765. The van der Waals surface area contributed by atoms with Crippen molar-refractivity contribution < 1.29 is 19.2 Å². The van der Waals surface area contributed by atoms with Gasteiger partial charge in [0.15, 0.2) is 11.8 Å². The highest BCUT2D eigenvalue weighted by Gasteiger charge is 2.24. The third kappa shape index (κ3) is 4.63. The summed E-state index contributed by atoms with van der Waals surface area (Å²) < 4.78 is 0.473. The van der Waals surface area contributed by atoms with Crippen LogP contribution in [-0.4, -0.2) is 29.5 Å². The number of carbonyl (C=O) groups is 4. The van der Waals surface area contributed by atoms with E-state index in [1.54, 1.807) is 12.1 Å². The molecule has 0 atom stereocenters. The smallest absolute Gasteiger partial charge is 0.249 e. The van der Waals surface area contributed by atoms with Gasteiger partial charge in [-0.15, -0.1) is 11.3 Å². The summed E-state index contributed by atoms with van der Waals surface area (Å²) in [6.07, 6.45) is -0.266. The van der Waals surface area contributed by atoms with E-state index in [0.717, 1.165) is 11.3 Å². The first-order chi connectivity index (χ1) is 9.31. The Morgan fingerprint density at radius 1 is 1.15 bits per heavy atom. The Balaban J connectivity index is 2.49. The van der Waals surface area contributed by atoms with Crippen LogP contribution >= 0.6 is 22.9 Å². The molecule has 1 rings (SSSR count). The molecule has 108 valence electrons. The maximum atomic E-state index is 11.7. The molecule has 0 fully saturated rings. The van der Waals surface area contributed by atoms with Crippen molar-refractivity contribution in [2.45, 2.75) is 18.9 Å². The summed E-state index contributed by atoms with van der Waals surface area (Å²) in [4.78, 5) is 45.4. The Morgan fingerprint density at radius 3 is 2.20 bits per heavy atom. The van der Waals surface area contributed by atoms with Crippen molar-refractivity contribution in [1.82, 2.24) is 5.32 Å². The lowest BCUT2D eigenvalue weighted by molar-refractivity contribution is -0.133. The number of hydrogen-bond donors (Lipinski definition) is 3. The Labute approximate surface area is 123 Å². The van der Waals surface area contributed by atoms with Gasteiger partial charge in [0.25, 0.3) is 0 Å². The molecule has 0 aliphatic carbocycles. The van der Waals surface area contributed by atoms with Crippen LogP contribution in [0.4, 0.5) is 0 Å². The molecule has 3 amide bonds. The second-order valence-electron chi connectivity index (χ2n) is 3.83. The van der Waals surface area contributed by atoms with Gasteiger partial charge in [0.2, 0.25) is 17.7 Å². The van der Waals surface area contributed by atoms with Crippen LogP contribution in [0.5, 0.6) is 0 Å². The number of halogens is 1. The zero-order valence-corrected chi connectivity index (χ0v) is 11.8. The molecule has 0 saturated carbocycles. The monoisotopic (exact) mass is 317 g/mol. The molecule has 0 saturated heterocycles. The molecule has 1 heterocycles. The van der Waals surface area contributed by atoms with Crippen LogP contribution < -0.4 is 16.8 Å². The SMILES string of the molecule is NC(=O)C(NC(=O)CCC(=O)c1ccc(Cl)s1)C(N)=O. The van der Waals surface area contributed by atoms with Crippen LogP contribution in [0.3, 0.4) is 0 Å². The largest absolute Gasteiger partial charge is 0.367 e. The van der Waals surface area contributed by atoms with Crippen LogP contribution in [0.25, 0.3) is 0 Å². The Bertz CT molecular complexity index is 544.